The van der Waals surface area contributed by atoms with Crippen LogP contribution in [0.15, 0.2) is 66.1 Å². The molecule has 0 saturated carbocycles. The van der Waals surface area contributed by atoms with E-state index in [1.54, 1.807) is 0 Å². The monoisotopic (exact) mass is 501 g/mol. The summed E-state index contributed by atoms with van der Waals surface area (Å²) in [5.41, 5.74) is 4.57. The maximum Gasteiger partial charge on any atom is 0.573 e. The van der Waals surface area contributed by atoms with Crippen LogP contribution in [0.4, 0.5) is 36.8 Å². The Balaban J connectivity index is 1.67. The zero-order valence-electron chi connectivity index (χ0n) is 17.1. The van der Waals surface area contributed by atoms with Crippen molar-refractivity contribution in [3.05, 3.63) is 72.2 Å². The number of alkyl halides is 6. The lowest BCUT2D eigenvalue weighted by atomic mass is 10.2. The number of aromatic nitrogens is 2. The van der Waals surface area contributed by atoms with Gasteiger partial charge < -0.3 is 15.2 Å². The number of hydrogen-bond acceptors (Lipinski definition) is 7. The number of halogens is 6. The Kier molecular flexibility index (Phi) is 7.27. The van der Waals surface area contributed by atoms with Gasteiger partial charge in [0.1, 0.15) is 11.5 Å². The van der Waals surface area contributed by atoms with E-state index in [0.717, 1.165) is 42.5 Å². The minimum Gasteiger partial charge on any atom is -0.437 e. The highest BCUT2D eigenvalue weighted by molar-refractivity contribution is 5.98. The molecule has 0 atom stereocenters. The van der Waals surface area contributed by atoms with Crippen LogP contribution < -0.4 is 20.5 Å². The number of benzene rings is 2. The molecule has 0 aliphatic carbocycles. The number of anilines is 1. The van der Waals surface area contributed by atoms with E-state index in [9.17, 15) is 31.1 Å². The van der Waals surface area contributed by atoms with Crippen molar-refractivity contribution < 1.29 is 45.4 Å². The van der Waals surface area contributed by atoms with Gasteiger partial charge in [-0.1, -0.05) is 11.2 Å². The molecule has 0 aliphatic rings. The summed E-state index contributed by atoms with van der Waals surface area (Å²) in [5, 5.41) is 5.54. The van der Waals surface area contributed by atoms with Gasteiger partial charge in [-0.25, -0.2) is 14.8 Å². The van der Waals surface area contributed by atoms with Crippen molar-refractivity contribution in [2.75, 3.05) is 5.32 Å². The molecule has 9 nitrogen and oxygen atoms in total. The number of oxime groups is 1. The molecule has 3 N–H and O–H groups in total. The Hall–Kier alpha value is -4.56. The number of hydrogen-bond donors (Lipinski definition) is 2. The number of nitrogens with two attached hydrogens (primary N) is 1. The largest absolute Gasteiger partial charge is 0.573 e. The van der Waals surface area contributed by atoms with E-state index >= 15 is 0 Å². The number of amides is 1. The van der Waals surface area contributed by atoms with Gasteiger partial charge >= 0.3 is 18.6 Å². The lowest BCUT2D eigenvalue weighted by molar-refractivity contribution is -0.274. The van der Waals surface area contributed by atoms with Crippen LogP contribution in [0.2, 0.25) is 0 Å². The Bertz CT molecular complexity index is 1220. The Morgan fingerprint density at radius 2 is 1.63 bits per heavy atom. The minimum absolute atomic E-state index is 0.0476. The average Bonchev–Trinajstić information content (AvgIpc) is 2.78. The molecule has 0 fully saturated rings. The predicted octanol–water partition coefficient (Wildman–Crippen LogP) is 5.06. The van der Waals surface area contributed by atoms with Crippen LogP contribution in [0.1, 0.15) is 11.3 Å². The number of carbonyl (C=O) groups excluding carboxylic acids is 1. The number of amidine groups is 1. The van der Waals surface area contributed by atoms with Crippen LogP contribution in [0.3, 0.4) is 0 Å². The second-order valence-electron chi connectivity index (χ2n) is 6.39. The summed E-state index contributed by atoms with van der Waals surface area (Å²) in [5.74, 6) is -1.55. The molecule has 0 aliphatic heterocycles. The summed E-state index contributed by atoms with van der Waals surface area (Å²) in [6.45, 7) is 0. The molecule has 3 rings (SSSR count). The third-order valence-electron chi connectivity index (χ3n) is 3.84. The highest BCUT2D eigenvalue weighted by Gasteiger charge is 2.31. The summed E-state index contributed by atoms with van der Waals surface area (Å²) in [6.07, 6.45) is -8.27. The van der Waals surface area contributed by atoms with E-state index in [1.807, 2.05) is 0 Å². The quantitative estimate of drug-likeness (QED) is 0.159. The molecule has 3 aromatic rings. The zero-order valence-corrected chi connectivity index (χ0v) is 17.1. The van der Waals surface area contributed by atoms with Crippen molar-refractivity contribution in [1.82, 2.24) is 9.97 Å². The SMILES string of the molecule is N/C(=N\OC(=O)Nc1ccc(OC(F)(F)F)cc1)c1nccnc1Oc1cccc(C(F)(F)F)c1. The van der Waals surface area contributed by atoms with Crippen molar-refractivity contribution in [3.63, 3.8) is 0 Å². The number of ether oxygens (including phenoxy) is 2. The van der Waals surface area contributed by atoms with Crippen LogP contribution in [0.25, 0.3) is 0 Å². The number of nitrogens with zero attached hydrogens (tertiary/aromatic N) is 3. The smallest absolute Gasteiger partial charge is 0.437 e. The molecule has 1 amide bonds. The first-order chi connectivity index (χ1) is 16.4. The Labute approximate surface area is 192 Å². The first-order valence-electron chi connectivity index (χ1n) is 9.24. The second kappa shape index (κ2) is 10.1. The normalized spacial score (nSPS) is 12.1. The first kappa shape index (κ1) is 25.1. The third-order valence-corrected chi connectivity index (χ3v) is 3.84. The molecule has 0 radical (unpaired) electrons. The number of rotatable bonds is 6. The van der Waals surface area contributed by atoms with E-state index in [1.165, 1.54) is 18.5 Å². The van der Waals surface area contributed by atoms with Crippen molar-refractivity contribution in [1.29, 1.82) is 0 Å². The maximum absolute atomic E-state index is 12.9. The third kappa shape index (κ3) is 7.48. The van der Waals surface area contributed by atoms with Crippen LogP contribution in [-0.2, 0) is 11.0 Å². The molecule has 2 aromatic carbocycles. The van der Waals surface area contributed by atoms with Crippen molar-refractivity contribution >= 4 is 17.6 Å². The molecule has 0 bridgehead atoms. The van der Waals surface area contributed by atoms with Gasteiger partial charge in [0.15, 0.2) is 11.5 Å². The van der Waals surface area contributed by atoms with E-state index in [0.29, 0.717) is 0 Å². The summed E-state index contributed by atoms with van der Waals surface area (Å²) in [7, 11) is 0. The predicted molar refractivity (Wildman–Crippen MR) is 108 cm³/mol. The molecular weight excluding hydrogens is 488 g/mol. The minimum atomic E-state index is -4.87. The van der Waals surface area contributed by atoms with Gasteiger partial charge in [-0.15, -0.1) is 13.2 Å². The van der Waals surface area contributed by atoms with E-state index in [2.05, 4.69) is 30.0 Å². The molecule has 0 spiro atoms. The zero-order chi connectivity index (χ0) is 25.6. The van der Waals surface area contributed by atoms with Crippen molar-refractivity contribution in [3.8, 4) is 17.4 Å². The fourth-order valence-corrected chi connectivity index (χ4v) is 2.44. The van der Waals surface area contributed by atoms with Gasteiger partial charge in [0.25, 0.3) is 0 Å². The molecule has 184 valence electrons. The van der Waals surface area contributed by atoms with Crippen molar-refractivity contribution in [2.24, 2.45) is 10.9 Å². The molecule has 1 aromatic heterocycles. The van der Waals surface area contributed by atoms with Gasteiger partial charge in [-0.05, 0) is 42.5 Å². The van der Waals surface area contributed by atoms with E-state index in [4.69, 9.17) is 10.5 Å². The number of carbonyl (C=O) groups is 1. The van der Waals surface area contributed by atoms with Crippen LogP contribution in [0, 0.1) is 0 Å². The summed E-state index contributed by atoms with van der Waals surface area (Å²) < 4.78 is 84.3. The lowest BCUT2D eigenvalue weighted by Crippen LogP contribution is -2.20. The van der Waals surface area contributed by atoms with Gasteiger partial charge in [0.2, 0.25) is 5.88 Å². The fraction of sp³-hybridized carbons (Fsp3) is 0.100. The van der Waals surface area contributed by atoms with Crippen LogP contribution in [-0.4, -0.2) is 28.3 Å². The fourth-order valence-electron chi connectivity index (χ4n) is 2.44. The standard InChI is InChI=1S/C20H13F6N5O4/c21-19(22,23)11-2-1-3-14(10-11)33-17-15(28-8-9-29-17)16(27)31-35-18(32)30-12-4-6-13(7-5-12)34-20(24,25)26/h1-10H,(H2,27,31)(H,30,32). The van der Waals surface area contributed by atoms with Gasteiger partial charge in [0.05, 0.1) is 5.56 Å². The molecule has 1 heterocycles. The second-order valence-corrected chi connectivity index (χ2v) is 6.39. The molecule has 0 unspecified atom stereocenters. The highest BCUT2D eigenvalue weighted by atomic mass is 19.4. The molecule has 0 saturated heterocycles. The summed E-state index contributed by atoms with van der Waals surface area (Å²) in [6, 6.07) is 8.09. The average molecular weight is 501 g/mol. The maximum atomic E-state index is 12.9. The van der Waals surface area contributed by atoms with E-state index < -0.39 is 35.8 Å². The van der Waals surface area contributed by atoms with Gasteiger partial charge in [-0.2, -0.15) is 13.2 Å². The first-order valence-corrected chi connectivity index (χ1v) is 9.24. The van der Waals surface area contributed by atoms with Crippen molar-refractivity contribution in [2.45, 2.75) is 12.5 Å². The number of nitrogens with one attached hydrogen (secondary N) is 1. The Morgan fingerprint density at radius 3 is 2.29 bits per heavy atom. The molecular formula is C20H13F6N5O4. The lowest BCUT2D eigenvalue weighted by Gasteiger charge is -2.11. The highest BCUT2D eigenvalue weighted by Crippen LogP contribution is 2.32. The van der Waals surface area contributed by atoms with Gasteiger partial charge in [0, 0.05) is 18.1 Å². The Morgan fingerprint density at radius 1 is 0.943 bits per heavy atom. The molecule has 35 heavy (non-hydrogen) atoms. The van der Waals surface area contributed by atoms with Crippen LogP contribution >= 0.6 is 0 Å². The van der Waals surface area contributed by atoms with Gasteiger partial charge in [-0.3, -0.25) is 10.2 Å². The molecule has 15 heteroatoms. The summed E-state index contributed by atoms with van der Waals surface area (Å²) in [4.78, 5) is 24.2. The topological polar surface area (TPSA) is 121 Å². The van der Waals surface area contributed by atoms with E-state index in [-0.39, 0.29) is 23.0 Å². The summed E-state index contributed by atoms with van der Waals surface area (Å²) >= 11 is 0. The van der Waals surface area contributed by atoms with Crippen LogP contribution in [0.5, 0.6) is 17.4 Å².